The van der Waals surface area contributed by atoms with Gasteiger partial charge in [0.25, 0.3) is 5.88 Å². The number of fused-ring (bicyclic) bond motifs is 1. The lowest BCUT2D eigenvalue weighted by atomic mass is 10.1. The van der Waals surface area contributed by atoms with Crippen molar-refractivity contribution in [2.75, 3.05) is 6.61 Å². The molecule has 0 atom stereocenters. The zero-order chi connectivity index (χ0) is 13.8. The van der Waals surface area contributed by atoms with Crippen LogP contribution in [0.3, 0.4) is 0 Å². The van der Waals surface area contributed by atoms with E-state index < -0.39 is 0 Å². The molecule has 0 saturated heterocycles. The lowest BCUT2D eigenvalue weighted by molar-refractivity contribution is 0.278. The van der Waals surface area contributed by atoms with Crippen LogP contribution in [-0.2, 0) is 6.54 Å². The van der Waals surface area contributed by atoms with Crippen LogP contribution in [0.4, 0.5) is 0 Å². The Morgan fingerprint density at radius 2 is 2.21 bits per heavy atom. The summed E-state index contributed by atoms with van der Waals surface area (Å²) < 4.78 is 7.31. The lowest BCUT2D eigenvalue weighted by Crippen LogP contribution is -2.06. The monoisotopic (exact) mass is 259 g/mol. The van der Waals surface area contributed by atoms with E-state index >= 15 is 0 Å². The van der Waals surface area contributed by atoms with Gasteiger partial charge < -0.3 is 4.74 Å². The molecule has 2 heterocycles. The second-order valence-electron chi connectivity index (χ2n) is 4.69. The maximum Gasteiger partial charge on any atom is 0.253 e. The number of nitriles is 1. The quantitative estimate of drug-likeness (QED) is 0.822. The summed E-state index contributed by atoms with van der Waals surface area (Å²) in [5.74, 6) is 0.842. The molecule has 0 aromatic carbocycles. The third-order valence-electron chi connectivity index (χ3n) is 2.77. The fourth-order valence-corrected chi connectivity index (χ4v) is 1.68. The Bertz CT molecular complexity index is 611. The van der Waals surface area contributed by atoms with Crippen molar-refractivity contribution in [2.45, 2.75) is 33.7 Å². The van der Waals surface area contributed by atoms with E-state index in [1.807, 2.05) is 13.0 Å². The SMILES string of the molecule is CCn1ncc2nc(C#N)c(OCCC(C)C)nc21. The van der Waals surface area contributed by atoms with Crippen molar-refractivity contribution >= 4 is 11.2 Å². The van der Waals surface area contributed by atoms with E-state index in [4.69, 9.17) is 10.00 Å². The first-order chi connectivity index (χ1) is 9.15. The van der Waals surface area contributed by atoms with Crippen molar-refractivity contribution in [1.82, 2.24) is 19.7 Å². The van der Waals surface area contributed by atoms with Crippen LogP contribution in [0, 0.1) is 17.2 Å². The zero-order valence-electron chi connectivity index (χ0n) is 11.4. The fraction of sp³-hybridized carbons (Fsp3) is 0.538. The minimum absolute atomic E-state index is 0.215. The molecule has 0 aliphatic carbocycles. The number of ether oxygens (including phenoxy) is 1. The van der Waals surface area contributed by atoms with E-state index in [0.29, 0.717) is 36.1 Å². The largest absolute Gasteiger partial charge is 0.476 e. The number of aryl methyl sites for hydroxylation is 1. The summed E-state index contributed by atoms with van der Waals surface area (Å²) in [5.41, 5.74) is 1.49. The molecule has 19 heavy (non-hydrogen) atoms. The molecule has 6 nitrogen and oxygen atoms in total. The molecular formula is C13H17N5O. The van der Waals surface area contributed by atoms with Crippen molar-refractivity contribution < 1.29 is 4.74 Å². The summed E-state index contributed by atoms with van der Waals surface area (Å²) >= 11 is 0. The van der Waals surface area contributed by atoms with Gasteiger partial charge in [-0.2, -0.15) is 15.3 Å². The summed E-state index contributed by atoms with van der Waals surface area (Å²) in [7, 11) is 0. The molecule has 0 aliphatic rings. The van der Waals surface area contributed by atoms with Crippen molar-refractivity contribution in [3.63, 3.8) is 0 Å². The second-order valence-corrected chi connectivity index (χ2v) is 4.69. The van der Waals surface area contributed by atoms with Gasteiger partial charge in [-0.3, -0.25) is 0 Å². The molecule has 6 heteroatoms. The highest BCUT2D eigenvalue weighted by molar-refractivity contribution is 5.71. The molecule has 0 amide bonds. The van der Waals surface area contributed by atoms with Gasteiger partial charge in [-0.25, -0.2) is 9.67 Å². The normalized spacial score (nSPS) is 10.9. The smallest absolute Gasteiger partial charge is 0.253 e. The molecule has 2 aromatic rings. The predicted molar refractivity (Wildman–Crippen MR) is 70.7 cm³/mol. The van der Waals surface area contributed by atoms with E-state index in [2.05, 4.69) is 28.9 Å². The summed E-state index contributed by atoms with van der Waals surface area (Å²) in [4.78, 5) is 8.59. The first kappa shape index (κ1) is 13.3. The van der Waals surface area contributed by atoms with E-state index in [1.165, 1.54) is 0 Å². The Balaban J connectivity index is 2.32. The van der Waals surface area contributed by atoms with Gasteiger partial charge in [0.2, 0.25) is 5.69 Å². The molecule has 0 fully saturated rings. The Hall–Kier alpha value is -2.16. The highest BCUT2D eigenvalue weighted by atomic mass is 16.5. The van der Waals surface area contributed by atoms with Crippen LogP contribution in [0.2, 0.25) is 0 Å². The van der Waals surface area contributed by atoms with Crippen molar-refractivity contribution in [3.05, 3.63) is 11.9 Å². The minimum atomic E-state index is 0.215. The van der Waals surface area contributed by atoms with Crippen LogP contribution in [0.5, 0.6) is 5.88 Å². The first-order valence-corrected chi connectivity index (χ1v) is 6.42. The van der Waals surface area contributed by atoms with Crippen LogP contribution in [0.15, 0.2) is 6.20 Å². The molecule has 2 aromatic heterocycles. The first-order valence-electron chi connectivity index (χ1n) is 6.42. The summed E-state index contributed by atoms with van der Waals surface area (Å²) in [6.07, 6.45) is 2.53. The standard InChI is InChI=1S/C13H17N5O/c1-4-18-12-11(8-15-18)16-10(7-14)13(17-12)19-6-5-9(2)3/h8-9H,4-6H2,1-3H3. The van der Waals surface area contributed by atoms with Gasteiger partial charge >= 0.3 is 0 Å². The average Bonchev–Trinajstić information content (AvgIpc) is 2.79. The number of rotatable bonds is 5. The van der Waals surface area contributed by atoms with Crippen LogP contribution < -0.4 is 4.74 Å². The third-order valence-corrected chi connectivity index (χ3v) is 2.77. The molecule has 0 saturated carbocycles. The van der Waals surface area contributed by atoms with E-state index in [-0.39, 0.29) is 5.69 Å². The Morgan fingerprint density at radius 3 is 2.84 bits per heavy atom. The van der Waals surface area contributed by atoms with Crippen LogP contribution in [0.25, 0.3) is 11.2 Å². The van der Waals surface area contributed by atoms with Crippen molar-refractivity contribution in [2.24, 2.45) is 5.92 Å². The van der Waals surface area contributed by atoms with Gasteiger partial charge in [0, 0.05) is 6.54 Å². The topological polar surface area (TPSA) is 76.6 Å². The lowest BCUT2D eigenvalue weighted by Gasteiger charge is -2.08. The summed E-state index contributed by atoms with van der Waals surface area (Å²) in [5, 5.41) is 13.3. The zero-order valence-corrected chi connectivity index (χ0v) is 11.4. The highest BCUT2D eigenvalue weighted by Gasteiger charge is 2.13. The molecule has 100 valence electrons. The van der Waals surface area contributed by atoms with E-state index in [1.54, 1.807) is 10.9 Å². The predicted octanol–water partition coefficient (Wildman–Crippen LogP) is 2.14. The Morgan fingerprint density at radius 1 is 1.42 bits per heavy atom. The number of hydrogen-bond donors (Lipinski definition) is 0. The molecule has 0 bridgehead atoms. The number of aromatic nitrogens is 4. The molecule has 2 rings (SSSR count). The maximum atomic E-state index is 9.09. The number of nitrogens with zero attached hydrogens (tertiary/aromatic N) is 5. The summed E-state index contributed by atoms with van der Waals surface area (Å²) in [6, 6.07) is 2.02. The van der Waals surface area contributed by atoms with E-state index in [0.717, 1.165) is 6.42 Å². The average molecular weight is 259 g/mol. The van der Waals surface area contributed by atoms with Gasteiger partial charge in [0.15, 0.2) is 5.65 Å². The fourth-order valence-electron chi connectivity index (χ4n) is 1.68. The van der Waals surface area contributed by atoms with Crippen LogP contribution >= 0.6 is 0 Å². The molecule has 0 spiro atoms. The van der Waals surface area contributed by atoms with Gasteiger partial charge in [-0.15, -0.1) is 0 Å². The number of hydrogen-bond acceptors (Lipinski definition) is 5. The molecule has 0 N–H and O–H groups in total. The van der Waals surface area contributed by atoms with E-state index in [9.17, 15) is 0 Å². The third kappa shape index (κ3) is 2.81. The van der Waals surface area contributed by atoms with Gasteiger partial charge in [0.05, 0.1) is 12.8 Å². The molecule has 0 radical (unpaired) electrons. The van der Waals surface area contributed by atoms with Crippen LogP contribution in [0.1, 0.15) is 32.9 Å². The minimum Gasteiger partial charge on any atom is -0.476 e. The Kier molecular flexibility index (Phi) is 3.95. The van der Waals surface area contributed by atoms with Gasteiger partial charge in [-0.1, -0.05) is 13.8 Å². The molecular weight excluding hydrogens is 242 g/mol. The summed E-state index contributed by atoms with van der Waals surface area (Å²) in [6.45, 7) is 7.46. The van der Waals surface area contributed by atoms with Gasteiger partial charge in [0.1, 0.15) is 11.6 Å². The molecule has 0 unspecified atom stereocenters. The Labute approximate surface area is 112 Å². The van der Waals surface area contributed by atoms with Crippen LogP contribution in [-0.4, -0.2) is 26.4 Å². The highest BCUT2D eigenvalue weighted by Crippen LogP contribution is 2.18. The van der Waals surface area contributed by atoms with Crippen molar-refractivity contribution in [3.8, 4) is 11.9 Å². The molecule has 0 aliphatic heterocycles. The second kappa shape index (κ2) is 5.65. The van der Waals surface area contributed by atoms with Gasteiger partial charge in [-0.05, 0) is 19.3 Å². The van der Waals surface area contributed by atoms with Crippen molar-refractivity contribution in [1.29, 1.82) is 5.26 Å². The maximum absolute atomic E-state index is 9.09.